The predicted molar refractivity (Wildman–Crippen MR) is 163 cm³/mol. The van der Waals surface area contributed by atoms with Crippen LogP contribution in [-0.2, 0) is 35.9 Å². The molecule has 1 aliphatic heterocycles. The highest BCUT2D eigenvalue weighted by molar-refractivity contribution is 7.91. The maximum absolute atomic E-state index is 15.0. The number of benzene rings is 2. The highest BCUT2D eigenvalue weighted by Gasteiger charge is 2.50. The van der Waals surface area contributed by atoms with Gasteiger partial charge < -0.3 is 30.5 Å². The van der Waals surface area contributed by atoms with E-state index in [2.05, 4.69) is 0 Å². The van der Waals surface area contributed by atoms with E-state index in [1.165, 1.54) is 51.3 Å². The number of alkyl halides is 5. The summed E-state index contributed by atoms with van der Waals surface area (Å²) in [5, 5.41) is 22.0. The SMILES string of the molecule is COc1ccc(CS(=O)(=O)[C@@H]2C[C@@H](C(=O)NC(C(C)C)C(O)C(F)(F)F)N(C(=O)[C@H](CO)NC(=O)C(F)(F)c3cccc(Cl)c3)C2)cc1. The first-order chi connectivity index (χ1) is 22.2. The second-order valence-corrected chi connectivity index (χ2v) is 14.3. The summed E-state index contributed by atoms with van der Waals surface area (Å²) in [7, 11) is -2.79. The molecule has 4 N–H and O–H groups in total. The molecule has 0 saturated carbocycles. The van der Waals surface area contributed by atoms with Crippen molar-refractivity contribution in [3.63, 3.8) is 0 Å². The first-order valence-corrected chi connectivity index (χ1v) is 16.6. The molecule has 0 spiro atoms. The largest absolute Gasteiger partial charge is 0.497 e. The second-order valence-electron chi connectivity index (χ2n) is 11.6. The Morgan fingerprint density at radius 3 is 2.21 bits per heavy atom. The summed E-state index contributed by atoms with van der Waals surface area (Å²) in [5.41, 5.74) is -0.541. The van der Waals surface area contributed by atoms with Crippen LogP contribution in [0.25, 0.3) is 0 Å². The van der Waals surface area contributed by atoms with Crippen molar-refractivity contribution in [2.75, 3.05) is 20.3 Å². The van der Waals surface area contributed by atoms with E-state index in [4.69, 9.17) is 16.3 Å². The lowest BCUT2D eigenvalue weighted by molar-refractivity contribution is -0.215. The van der Waals surface area contributed by atoms with Crippen LogP contribution in [0.2, 0.25) is 5.02 Å². The molecule has 2 unspecified atom stereocenters. The van der Waals surface area contributed by atoms with Gasteiger partial charge in [-0.05, 0) is 42.2 Å². The molecule has 266 valence electrons. The predicted octanol–water partition coefficient (Wildman–Crippen LogP) is 2.57. The van der Waals surface area contributed by atoms with E-state index in [9.17, 15) is 55.0 Å². The van der Waals surface area contributed by atoms with Crippen LogP contribution in [0.4, 0.5) is 22.0 Å². The van der Waals surface area contributed by atoms with Crippen LogP contribution in [-0.4, -0.2) is 97.2 Å². The molecule has 5 atom stereocenters. The fourth-order valence-corrected chi connectivity index (χ4v) is 7.09. The number of ether oxygens (including phenoxy) is 1. The number of likely N-dealkylation sites (tertiary alicyclic amines) is 1. The van der Waals surface area contributed by atoms with Crippen LogP contribution < -0.4 is 15.4 Å². The third kappa shape index (κ3) is 9.12. The molecule has 2 aromatic carbocycles. The highest BCUT2D eigenvalue weighted by Crippen LogP contribution is 2.32. The molecule has 0 bridgehead atoms. The van der Waals surface area contributed by atoms with Gasteiger partial charge in [0.05, 0.1) is 30.8 Å². The Balaban J connectivity index is 1.94. The Morgan fingerprint density at radius 1 is 1.06 bits per heavy atom. The van der Waals surface area contributed by atoms with Crippen LogP contribution >= 0.6 is 11.6 Å². The molecular weight excluding hydrogens is 693 g/mol. The Kier molecular flexibility index (Phi) is 12.4. The number of halogens is 6. The summed E-state index contributed by atoms with van der Waals surface area (Å²) >= 11 is 5.75. The average molecular weight is 728 g/mol. The summed E-state index contributed by atoms with van der Waals surface area (Å²) in [5.74, 6) is -10.1. The van der Waals surface area contributed by atoms with Crippen LogP contribution in [0.1, 0.15) is 31.4 Å². The van der Waals surface area contributed by atoms with Gasteiger partial charge in [-0.15, -0.1) is 0 Å². The molecule has 1 fully saturated rings. The summed E-state index contributed by atoms with van der Waals surface area (Å²) in [6.45, 7) is 0.542. The van der Waals surface area contributed by atoms with E-state index in [-0.39, 0.29) is 5.02 Å². The zero-order chi connectivity index (χ0) is 36.2. The molecule has 11 nitrogen and oxygen atoms in total. The number of aliphatic hydroxyl groups is 2. The zero-order valence-corrected chi connectivity index (χ0v) is 27.5. The molecule has 2 aromatic rings. The Morgan fingerprint density at radius 2 is 1.69 bits per heavy atom. The molecule has 18 heteroatoms. The van der Waals surface area contributed by atoms with Crippen LogP contribution in [0, 0.1) is 5.92 Å². The lowest BCUT2D eigenvalue weighted by atomic mass is 9.97. The van der Waals surface area contributed by atoms with E-state index in [0.29, 0.717) is 16.2 Å². The van der Waals surface area contributed by atoms with Crippen molar-refractivity contribution < 1.29 is 59.7 Å². The Bertz CT molecular complexity index is 1580. The topological polar surface area (TPSA) is 162 Å². The van der Waals surface area contributed by atoms with Gasteiger partial charge in [-0.25, -0.2) is 8.42 Å². The number of amides is 3. The number of carbonyl (C=O) groups is 3. The van der Waals surface area contributed by atoms with Gasteiger partial charge in [-0.2, -0.15) is 22.0 Å². The third-order valence-corrected chi connectivity index (χ3v) is 10.2. The maximum Gasteiger partial charge on any atom is 0.416 e. The fraction of sp³-hybridized carbons (Fsp3) is 0.500. The molecule has 0 aromatic heterocycles. The zero-order valence-electron chi connectivity index (χ0n) is 25.9. The summed E-state index contributed by atoms with van der Waals surface area (Å²) in [4.78, 5) is 40.3. The smallest absolute Gasteiger partial charge is 0.416 e. The second kappa shape index (κ2) is 15.3. The van der Waals surface area contributed by atoms with Gasteiger partial charge in [0.15, 0.2) is 15.9 Å². The lowest BCUT2D eigenvalue weighted by Gasteiger charge is -2.32. The van der Waals surface area contributed by atoms with Crippen molar-refractivity contribution in [1.29, 1.82) is 0 Å². The number of hydrogen-bond donors (Lipinski definition) is 4. The van der Waals surface area contributed by atoms with Crippen LogP contribution in [0.15, 0.2) is 48.5 Å². The van der Waals surface area contributed by atoms with Crippen molar-refractivity contribution in [3.05, 3.63) is 64.7 Å². The monoisotopic (exact) mass is 727 g/mol. The van der Waals surface area contributed by atoms with Gasteiger partial charge in [0.1, 0.15) is 17.8 Å². The van der Waals surface area contributed by atoms with E-state index >= 15 is 0 Å². The van der Waals surface area contributed by atoms with E-state index in [0.717, 1.165) is 18.2 Å². The number of nitrogens with zero attached hydrogens (tertiary/aromatic N) is 1. The molecule has 0 radical (unpaired) electrons. The fourth-order valence-electron chi connectivity index (χ4n) is 5.15. The summed E-state index contributed by atoms with van der Waals surface area (Å²) in [6.07, 6.45) is -8.81. The Hall–Kier alpha value is -3.54. The quantitative estimate of drug-likeness (QED) is 0.229. The van der Waals surface area contributed by atoms with Crippen molar-refractivity contribution in [3.8, 4) is 5.75 Å². The van der Waals surface area contributed by atoms with Gasteiger partial charge in [0, 0.05) is 17.1 Å². The first-order valence-electron chi connectivity index (χ1n) is 14.5. The highest BCUT2D eigenvalue weighted by atomic mass is 35.5. The molecule has 3 rings (SSSR count). The summed E-state index contributed by atoms with van der Waals surface area (Å²) < 4.78 is 102. The van der Waals surface area contributed by atoms with Gasteiger partial charge in [0.2, 0.25) is 11.8 Å². The number of carbonyl (C=O) groups excluding carboxylic acids is 3. The molecule has 3 amide bonds. The van der Waals surface area contributed by atoms with E-state index < -0.39 is 106 Å². The van der Waals surface area contributed by atoms with E-state index in [1.54, 1.807) is 5.32 Å². The van der Waals surface area contributed by atoms with Gasteiger partial charge in [-0.1, -0.05) is 49.7 Å². The molecule has 48 heavy (non-hydrogen) atoms. The number of sulfone groups is 1. The van der Waals surface area contributed by atoms with Crippen LogP contribution in [0.5, 0.6) is 5.75 Å². The molecule has 1 aliphatic rings. The van der Waals surface area contributed by atoms with E-state index in [1.807, 2.05) is 5.32 Å². The average Bonchev–Trinajstić information content (AvgIpc) is 3.48. The first kappa shape index (κ1) is 38.9. The summed E-state index contributed by atoms with van der Waals surface area (Å²) in [6, 6.07) is 4.18. The molecule has 1 heterocycles. The van der Waals surface area contributed by atoms with Crippen molar-refractivity contribution in [2.45, 2.75) is 67.6 Å². The normalized spacial score (nSPS) is 19.0. The van der Waals surface area contributed by atoms with Gasteiger partial charge in [0.25, 0.3) is 5.91 Å². The third-order valence-electron chi connectivity index (χ3n) is 7.84. The van der Waals surface area contributed by atoms with Crippen molar-refractivity contribution in [2.24, 2.45) is 5.92 Å². The van der Waals surface area contributed by atoms with Crippen molar-refractivity contribution in [1.82, 2.24) is 15.5 Å². The number of aliphatic hydroxyl groups excluding tert-OH is 2. The van der Waals surface area contributed by atoms with Gasteiger partial charge in [-0.3, -0.25) is 14.4 Å². The minimum absolute atomic E-state index is 0.127. The standard InChI is InChI=1S/C30H35ClF5N3O8S/c1-16(2)24(25(41)30(34,35)36)38-26(42)23-12-21(48(45,46)15-17-7-9-20(47-3)10-8-17)13-39(23)27(43)22(14-40)37-28(44)29(32,33)18-5-4-6-19(31)11-18/h4-11,16,21-25,40-41H,12-15H2,1-3H3,(H,37,44)(H,38,42)/t21-,22+,23+,24?,25?/m1/s1. The minimum Gasteiger partial charge on any atom is -0.497 e. The number of nitrogens with one attached hydrogen (secondary N) is 2. The number of hydrogen-bond acceptors (Lipinski definition) is 8. The molecule has 0 aliphatic carbocycles. The minimum atomic E-state index is -5.15. The molecular formula is C30H35ClF5N3O8S. The van der Waals surface area contributed by atoms with Crippen molar-refractivity contribution >= 4 is 39.2 Å². The Labute approximate surface area is 278 Å². The van der Waals surface area contributed by atoms with Gasteiger partial charge >= 0.3 is 12.1 Å². The molecule has 1 saturated heterocycles. The number of rotatable bonds is 13. The maximum atomic E-state index is 15.0. The van der Waals surface area contributed by atoms with Crippen LogP contribution in [0.3, 0.4) is 0 Å². The number of methoxy groups -OCH3 is 1. The lowest BCUT2D eigenvalue weighted by Crippen LogP contribution is -2.59.